The average molecular weight is 392 g/mol. The van der Waals surface area contributed by atoms with E-state index >= 15 is 0 Å². The first-order valence-electron chi connectivity index (χ1n) is 9.62. The topological polar surface area (TPSA) is 37.4 Å². The fourth-order valence-electron chi connectivity index (χ4n) is 3.76. The van der Waals surface area contributed by atoms with E-state index in [4.69, 9.17) is 0 Å². The van der Waals surface area contributed by atoms with E-state index in [-0.39, 0.29) is 12.0 Å². The van der Waals surface area contributed by atoms with E-state index < -0.39 is 10.0 Å². The summed E-state index contributed by atoms with van der Waals surface area (Å²) in [6, 6.07) is 21.1. The summed E-state index contributed by atoms with van der Waals surface area (Å²) >= 11 is 0. The number of rotatable bonds is 3. The predicted octanol–water partition coefficient (Wildman–Crippen LogP) is 5.48. The molecule has 3 nitrogen and oxygen atoms in total. The lowest BCUT2D eigenvalue weighted by molar-refractivity contribution is 0.314. The maximum Gasteiger partial charge on any atom is 0.243 e. The molecule has 0 aromatic heterocycles. The van der Waals surface area contributed by atoms with Gasteiger partial charge >= 0.3 is 0 Å². The van der Waals surface area contributed by atoms with Crippen molar-refractivity contribution in [1.29, 1.82) is 0 Å². The summed E-state index contributed by atoms with van der Waals surface area (Å²) in [5.41, 5.74) is 3.40. The van der Waals surface area contributed by atoms with E-state index in [2.05, 4.69) is 19.9 Å². The Kier molecular flexibility index (Phi) is 4.86. The Morgan fingerprint density at radius 3 is 2.29 bits per heavy atom. The summed E-state index contributed by atoms with van der Waals surface area (Å²) in [7, 11) is -3.63. The molecule has 3 aromatic rings. The minimum absolute atomic E-state index is 0.192. The second kappa shape index (κ2) is 7.19. The molecule has 1 aliphatic heterocycles. The third-order valence-electron chi connectivity index (χ3n) is 5.71. The van der Waals surface area contributed by atoms with Crippen molar-refractivity contribution < 1.29 is 8.42 Å². The van der Waals surface area contributed by atoms with Gasteiger partial charge in [0.15, 0.2) is 0 Å². The van der Waals surface area contributed by atoms with Gasteiger partial charge in [-0.25, -0.2) is 8.42 Å². The highest BCUT2D eigenvalue weighted by Gasteiger charge is 2.35. The van der Waals surface area contributed by atoms with Gasteiger partial charge in [0, 0.05) is 6.54 Å². The zero-order valence-corrected chi connectivity index (χ0v) is 17.3. The quantitative estimate of drug-likeness (QED) is 0.555. The number of hydrogen-bond donors (Lipinski definition) is 0. The summed E-state index contributed by atoms with van der Waals surface area (Å²) in [6.07, 6.45) is 2.09. The number of aryl methyl sites for hydroxylation is 1. The Balaban J connectivity index is 1.81. The molecule has 0 bridgehead atoms. The van der Waals surface area contributed by atoms with E-state index in [0.29, 0.717) is 11.4 Å². The SMILES string of the molecule is CC1=CC(c2ccc(C)cc2)N(S(=O)(=O)c2ccc3ccccc3c2)C[C@@H]1C. The molecule has 2 atom stereocenters. The van der Waals surface area contributed by atoms with Crippen molar-refractivity contribution in [1.82, 2.24) is 4.31 Å². The van der Waals surface area contributed by atoms with Crippen LogP contribution in [-0.4, -0.2) is 19.3 Å². The molecule has 0 N–H and O–H groups in total. The van der Waals surface area contributed by atoms with Crippen LogP contribution in [0.3, 0.4) is 0 Å². The van der Waals surface area contributed by atoms with Crippen molar-refractivity contribution in [2.45, 2.75) is 31.7 Å². The Hall–Kier alpha value is -2.43. The summed E-state index contributed by atoms with van der Waals surface area (Å²) < 4.78 is 28.9. The molecule has 0 saturated carbocycles. The standard InChI is InChI=1S/C24H25NO2S/c1-17-8-10-21(11-9-17)24-14-18(2)19(3)16-25(24)28(26,27)23-13-12-20-6-4-5-7-22(20)15-23/h4-15,19,24H,16H2,1-3H3/t19-,24?/m0/s1. The van der Waals surface area contributed by atoms with E-state index in [9.17, 15) is 8.42 Å². The van der Waals surface area contributed by atoms with Crippen molar-refractivity contribution in [3.05, 3.63) is 89.5 Å². The molecule has 0 saturated heterocycles. The van der Waals surface area contributed by atoms with E-state index in [1.807, 2.05) is 61.5 Å². The van der Waals surface area contributed by atoms with Crippen LogP contribution < -0.4 is 0 Å². The van der Waals surface area contributed by atoms with Crippen LogP contribution in [0, 0.1) is 12.8 Å². The zero-order valence-electron chi connectivity index (χ0n) is 16.5. The van der Waals surface area contributed by atoms with E-state index in [0.717, 1.165) is 21.9 Å². The highest BCUT2D eigenvalue weighted by molar-refractivity contribution is 7.89. The molecule has 0 fully saturated rings. The first-order valence-corrected chi connectivity index (χ1v) is 11.1. The van der Waals surface area contributed by atoms with Gasteiger partial charge in [-0.05, 0) is 48.2 Å². The number of fused-ring (bicyclic) bond motifs is 1. The summed E-state index contributed by atoms with van der Waals surface area (Å²) in [5, 5.41) is 1.98. The van der Waals surface area contributed by atoms with Crippen LogP contribution in [0.1, 0.15) is 31.0 Å². The highest BCUT2D eigenvalue weighted by atomic mass is 32.2. The first kappa shape index (κ1) is 18.9. The maximum absolute atomic E-state index is 13.6. The molecule has 1 unspecified atom stereocenters. The molecule has 1 heterocycles. The van der Waals surface area contributed by atoms with Crippen LogP contribution >= 0.6 is 0 Å². The second-order valence-electron chi connectivity index (χ2n) is 7.75. The van der Waals surface area contributed by atoms with Gasteiger partial charge in [-0.2, -0.15) is 4.31 Å². The van der Waals surface area contributed by atoms with E-state index in [1.54, 1.807) is 16.4 Å². The third-order valence-corrected chi connectivity index (χ3v) is 7.55. The zero-order chi connectivity index (χ0) is 19.9. The molecule has 0 spiro atoms. The fourth-order valence-corrected chi connectivity index (χ4v) is 5.45. The minimum atomic E-state index is -3.63. The van der Waals surface area contributed by atoms with Crippen molar-refractivity contribution in [2.75, 3.05) is 6.54 Å². The molecule has 0 radical (unpaired) electrons. The van der Waals surface area contributed by atoms with Crippen LogP contribution in [-0.2, 0) is 10.0 Å². The molecule has 144 valence electrons. The number of nitrogens with zero attached hydrogens (tertiary/aromatic N) is 1. The Morgan fingerprint density at radius 2 is 1.57 bits per heavy atom. The summed E-state index contributed by atoms with van der Waals surface area (Å²) in [4.78, 5) is 0.350. The van der Waals surface area contributed by atoms with Crippen LogP contribution in [0.25, 0.3) is 10.8 Å². The average Bonchev–Trinajstić information content (AvgIpc) is 2.70. The molecule has 1 aliphatic rings. The molecule has 0 aliphatic carbocycles. The molecule has 28 heavy (non-hydrogen) atoms. The minimum Gasteiger partial charge on any atom is -0.207 e. The van der Waals surface area contributed by atoms with Gasteiger partial charge in [0.05, 0.1) is 10.9 Å². The van der Waals surface area contributed by atoms with Crippen molar-refractivity contribution >= 4 is 20.8 Å². The van der Waals surface area contributed by atoms with Crippen molar-refractivity contribution in [2.24, 2.45) is 5.92 Å². The fraction of sp³-hybridized carbons (Fsp3) is 0.250. The molecule has 3 aromatic carbocycles. The van der Waals surface area contributed by atoms with Gasteiger partial charge in [-0.3, -0.25) is 0 Å². The van der Waals surface area contributed by atoms with Crippen LogP contribution in [0.2, 0.25) is 0 Å². The maximum atomic E-state index is 13.6. The molecule has 4 heteroatoms. The van der Waals surface area contributed by atoms with Crippen molar-refractivity contribution in [3.63, 3.8) is 0 Å². The van der Waals surface area contributed by atoms with Gasteiger partial charge < -0.3 is 0 Å². The lowest BCUT2D eigenvalue weighted by Gasteiger charge is -2.36. The molecule has 0 amide bonds. The van der Waals surface area contributed by atoms with Gasteiger partial charge in [0.25, 0.3) is 0 Å². The van der Waals surface area contributed by atoms with Crippen LogP contribution in [0.4, 0.5) is 0 Å². The summed E-state index contributed by atoms with van der Waals surface area (Å²) in [6.45, 7) is 6.69. The Bertz CT molecular complexity index is 1150. The lowest BCUT2D eigenvalue weighted by atomic mass is 9.92. The Labute approximate surface area is 167 Å². The second-order valence-corrected chi connectivity index (χ2v) is 9.64. The number of benzene rings is 3. The predicted molar refractivity (Wildman–Crippen MR) is 115 cm³/mol. The monoisotopic (exact) mass is 391 g/mol. The molecular formula is C24H25NO2S. The van der Waals surface area contributed by atoms with Crippen molar-refractivity contribution in [3.8, 4) is 0 Å². The van der Waals surface area contributed by atoms with Crippen LogP contribution in [0.5, 0.6) is 0 Å². The third kappa shape index (κ3) is 3.38. The Morgan fingerprint density at radius 1 is 0.893 bits per heavy atom. The first-order chi connectivity index (χ1) is 13.4. The highest BCUT2D eigenvalue weighted by Crippen LogP contribution is 2.36. The number of hydrogen-bond acceptors (Lipinski definition) is 2. The largest absolute Gasteiger partial charge is 0.243 e. The number of sulfonamides is 1. The molecular weight excluding hydrogens is 366 g/mol. The van der Waals surface area contributed by atoms with Gasteiger partial charge in [-0.15, -0.1) is 0 Å². The van der Waals surface area contributed by atoms with Gasteiger partial charge in [-0.1, -0.05) is 78.7 Å². The smallest absolute Gasteiger partial charge is 0.207 e. The lowest BCUT2D eigenvalue weighted by Crippen LogP contribution is -2.40. The van der Waals surface area contributed by atoms with Crippen LogP contribution in [0.15, 0.2) is 83.3 Å². The normalized spacial score (nSPS) is 20.9. The van der Waals surface area contributed by atoms with Gasteiger partial charge in [0.2, 0.25) is 10.0 Å². The molecule has 4 rings (SSSR count). The van der Waals surface area contributed by atoms with Gasteiger partial charge in [0.1, 0.15) is 0 Å². The summed E-state index contributed by atoms with van der Waals surface area (Å²) in [5.74, 6) is 0.192. The van der Waals surface area contributed by atoms with E-state index in [1.165, 1.54) is 5.57 Å².